The zero-order valence-electron chi connectivity index (χ0n) is 9.21. The minimum absolute atomic E-state index is 0.154. The summed E-state index contributed by atoms with van der Waals surface area (Å²) in [5, 5.41) is 3.13. The Morgan fingerprint density at radius 3 is 3.07 bits per heavy atom. The molecule has 84 valence electrons. The molecule has 0 aliphatic rings. The van der Waals surface area contributed by atoms with Crippen molar-refractivity contribution in [2.45, 2.75) is 39.2 Å². The first-order chi connectivity index (χ1) is 7.15. The van der Waals surface area contributed by atoms with Gasteiger partial charge >= 0.3 is 0 Å². The van der Waals surface area contributed by atoms with E-state index in [-0.39, 0.29) is 17.3 Å². The molecule has 0 saturated heterocycles. The molecule has 1 rings (SSSR count). The molecule has 5 nitrogen and oxygen atoms in total. The lowest BCUT2D eigenvalue weighted by Crippen LogP contribution is -2.21. The molecule has 0 aromatic carbocycles. The molecule has 1 aromatic rings. The Bertz CT molecular complexity index is 361. The minimum atomic E-state index is -0.296. The molecule has 0 bridgehead atoms. The highest BCUT2D eigenvalue weighted by Gasteiger charge is 2.07. The number of nitrogen functional groups attached to an aromatic ring is 1. The van der Waals surface area contributed by atoms with Crippen molar-refractivity contribution < 1.29 is 0 Å². The first-order valence-electron chi connectivity index (χ1n) is 5.24. The molecule has 0 aliphatic carbocycles. The van der Waals surface area contributed by atoms with Crippen LogP contribution in [-0.4, -0.2) is 16.0 Å². The van der Waals surface area contributed by atoms with E-state index in [2.05, 4.69) is 29.1 Å². The monoisotopic (exact) mass is 210 g/mol. The van der Waals surface area contributed by atoms with Crippen LogP contribution in [0.1, 0.15) is 33.1 Å². The van der Waals surface area contributed by atoms with Crippen molar-refractivity contribution in [3.05, 3.63) is 16.7 Å². The third-order valence-electron chi connectivity index (χ3n) is 2.26. The number of hydrogen-bond donors (Lipinski definition) is 3. The van der Waals surface area contributed by atoms with E-state index in [9.17, 15) is 4.79 Å². The van der Waals surface area contributed by atoms with Crippen molar-refractivity contribution in [3.8, 4) is 0 Å². The number of H-pyrrole nitrogens is 1. The maximum atomic E-state index is 11.2. The van der Waals surface area contributed by atoms with Gasteiger partial charge in [-0.15, -0.1) is 0 Å². The van der Waals surface area contributed by atoms with Crippen molar-refractivity contribution in [3.63, 3.8) is 0 Å². The van der Waals surface area contributed by atoms with Gasteiger partial charge in [0, 0.05) is 6.04 Å². The van der Waals surface area contributed by atoms with Gasteiger partial charge in [0.1, 0.15) is 5.69 Å². The average Bonchev–Trinajstić information content (AvgIpc) is 2.22. The van der Waals surface area contributed by atoms with Crippen molar-refractivity contribution in [2.75, 3.05) is 11.1 Å². The smallest absolute Gasteiger partial charge is 0.276 e. The molecule has 15 heavy (non-hydrogen) atoms. The maximum absolute atomic E-state index is 11.2. The summed E-state index contributed by atoms with van der Waals surface area (Å²) < 4.78 is 0. The molecule has 0 fully saturated rings. The van der Waals surface area contributed by atoms with Gasteiger partial charge in [0.2, 0.25) is 0 Å². The Labute approximate surface area is 89.1 Å². The highest BCUT2D eigenvalue weighted by Crippen LogP contribution is 2.11. The molecule has 1 heterocycles. The lowest BCUT2D eigenvalue weighted by molar-refractivity contribution is 0.643. The summed E-state index contributed by atoms with van der Waals surface area (Å²) in [5.41, 5.74) is 5.45. The van der Waals surface area contributed by atoms with Crippen LogP contribution in [0.15, 0.2) is 11.1 Å². The van der Waals surface area contributed by atoms with Gasteiger partial charge in [0.15, 0.2) is 5.82 Å². The molecular formula is C10H18N4O. The Kier molecular flexibility index (Phi) is 4.15. The van der Waals surface area contributed by atoms with Gasteiger partial charge in [0.25, 0.3) is 5.56 Å². The topological polar surface area (TPSA) is 83.8 Å². The fraction of sp³-hybridized carbons (Fsp3) is 0.600. The third kappa shape index (κ3) is 3.27. The first-order valence-corrected chi connectivity index (χ1v) is 5.24. The van der Waals surface area contributed by atoms with Gasteiger partial charge in [-0.3, -0.25) is 4.79 Å². The molecule has 0 amide bonds. The van der Waals surface area contributed by atoms with Gasteiger partial charge in [-0.25, -0.2) is 4.98 Å². The van der Waals surface area contributed by atoms with Crippen LogP contribution in [0.4, 0.5) is 11.5 Å². The second-order valence-electron chi connectivity index (χ2n) is 3.68. The number of anilines is 2. The zero-order valence-corrected chi connectivity index (χ0v) is 9.21. The van der Waals surface area contributed by atoms with Crippen LogP contribution in [0.25, 0.3) is 0 Å². The fourth-order valence-electron chi connectivity index (χ4n) is 1.34. The quantitative estimate of drug-likeness (QED) is 0.684. The van der Waals surface area contributed by atoms with E-state index in [1.54, 1.807) is 0 Å². The predicted molar refractivity (Wildman–Crippen MR) is 61.9 cm³/mol. The number of nitrogens with zero attached hydrogens (tertiary/aromatic N) is 1. The van der Waals surface area contributed by atoms with Gasteiger partial charge in [-0.05, 0) is 13.3 Å². The molecule has 0 spiro atoms. The van der Waals surface area contributed by atoms with Crippen molar-refractivity contribution in [1.29, 1.82) is 0 Å². The predicted octanol–water partition coefficient (Wildman–Crippen LogP) is 1.34. The fourth-order valence-corrected chi connectivity index (χ4v) is 1.34. The minimum Gasteiger partial charge on any atom is -0.391 e. The lowest BCUT2D eigenvalue weighted by Gasteiger charge is -2.14. The van der Waals surface area contributed by atoms with Crippen LogP contribution in [0.2, 0.25) is 0 Å². The molecular weight excluding hydrogens is 192 g/mol. The van der Waals surface area contributed by atoms with E-state index >= 15 is 0 Å². The number of nitrogens with two attached hydrogens (primary N) is 1. The summed E-state index contributed by atoms with van der Waals surface area (Å²) in [6.45, 7) is 4.20. The Balaban J connectivity index is 2.64. The maximum Gasteiger partial charge on any atom is 0.276 e. The number of aromatic amines is 1. The number of hydrogen-bond acceptors (Lipinski definition) is 4. The summed E-state index contributed by atoms with van der Waals surface area (Å²) >= 11 is 0. The summed E-state index contributed by atoms with van der Waals surface area (Å²) in [6, 6.07) is 0.279. The molecule has 1 unspecified atom stereocenters. The van der Waals surface area contributed by atoms with E-state index < -0.39 is 0 Å². The van der Waals surface area contributed by atoms with Crippen molar-refractivity contribution >= 4 is 11.5 Å². The lowest BCUT2D eigenvalue weighted by atomic mass is 10.1. The van der Waals surface area contributed by atoms with E-state index in [4.69, 9.17) is 5.73 Å². The molecule has 1 atom stereocenters. The summed E-state index contributed by atoms with van der Waals surface area (Å²) in [4.78, 5) is 17.6. The van der Waals surface area contributed by atoms with E-state index in [0.29, 0.717) is 5.82 Å². The number of unbranched alkanes of at least 4 members (excludes halogenated alkanes) is 1. The van der Waals surface area contributed by atoms with Gasteiger partial charge in [-0.1, -0.05) is 19.8 Å². The Morgan fingerprint density at radius 2 is 2.40 bits per heavy atom. The average molecular weight is 210 g/mol. The van der Waals surface area contributed by atoms with Gasteiger partial charge < -0.3 is 16.0 Å². The third-order valence-corrected chi connectivity index (χ3v) is 2.26. The second kappa shape index (κ2) is 5.38. The Hall–Kier alpha value is -1.52. The van der Waals surface area contributed by atoms with Crippen LogP contribution in [0.5, 0.6) is 0 Å². The second-order valence-corrected chi connectivity index (χ2v) is 3.68. The SMILES string of the molecule is CCCCC(C)Nc1nc[nH]c(=O)c1N. The molecule has 0 saturated carbocycles. The van der Waals surface area contributed by atoms with Crippen molar-refractivity contribution in [1.82, 2.24) is 9.97 Å². The van der Waals surface area contributed by atoms with Crippen LogP contribution in [-0.2, 0) is 0 Å². The molecule has 4 N–H and O–H groups in total. The molecule has 5 heteroatoms. The molecule has 1 aromatic heterocycles. The molecule has 0 aliphatic heterocycles. The standard InChI is InChI=1S/C10H18N4O/c1-3-4-5-7(2)14-9-8(11)10(15)13-6-12-9/h6-7H,3-5,11H2,1-2H3,(H2,12,13,14,15). The number of aromatic nitrogens is 2. The van der Waals surface area contributed by atoms with Crippen LogP contribution in [0, 0.1) is 0 Å². The van der Waals surface area contributed by atoms with Gasteiger partial charge in [0.05, 0.1) is 6.33 Å². The highest BCUT2D eigenvalue weighted by atomic mass is 16.1. The highest BCUT2D eigenvalue weighted by molar-refractivity contribution is 5.59. The normalized spacial score (nSPS) is 12.4. The van der Waals surface area contributed by atoms with Gasteiger partial charge in [-0.2, -0.15) is 0 Å². The van der Waals surface area contributed by atoms with E-state index in [0.717, 1.165) is 19.3 Å². The number of rotatable bonds is 5. The zero-order chi connectivity index (χ0) is 11.3. The Morgan fingerprint density at radius 1 is 1.67 bits per heavy atom. The van der Waals surface area contributed by atoms with Crippen molar-refractivity contribution in [2.24, 2.45) is 0 Å². The molecule has 0 radical (unpaired) electrons. The van der Waals surface area contributed by atoms with E-state index in [1.165, 1.54) is 6.33 Å². The summed E-state index contributed by atoms with van der Waals surface area (Å²) in [6.07, 6.45) is 4.71. The number of nitrogens with one attached hydrogen (secondary N) is 2. The largest absolute Gasteiger partial charge is 0.391 e. The van der Waals surface area contributed by atoms with Crippen LogP contribution < -0.4 is 16.6 Å². The first kappa shape index (κ1) is 11.6. The summed E-state index contributed by atoms with van der Waals surface area (Å²) in [7, 11) is 0. The summed E-state index contributed by atoms with van der Waals surface area (Å²) in [5.74, 6) is 0.474. The van der Waals surface area contributed by atoms with Crippen LogP contribution in [0.3, 0.4) is 0 Å². The van der Waals surface area contributed by atoms with E-state index in [1.807, 2.05) is 0 Å². The van der Waals surface area contributed by atoms with Crippen LogP contribution >= 0.6 is 0 Å².